The SMILES string of the molecule is CC(C)(c1ccc(Oc2ccc(NC(=O)c3ccc(-c4ccccc4)cc3)cc2)cc1)c1ccc(Oc2ccc(NC(=O)c3ccc(-c4ccccc4)cc3)cc2)cc1. The summed E-state index contributed by atoms with van der Waals surface area (Å²) in [6.07, 6.45) is 0. The summed E-state index contributed by atoms with van der Waals surface area (Å²) in [5.74, 6) is 2.42. The van der Waals surface area contributed by atoms with Crippen molar-refractivity contribution >= 4 is 23.2 Å². The van der Waals surface area contributed by atoms with Crippen molar-refractivity contribution in [3.05, 3.63) is 229 Å². The number of anilines is 2. The number of amides is 2. The molecule has 6 nitrogen and oxygen atoms in total. The molecule has 0 spiro atoms. The first-order valence-corrected chi connectivity index (χ1v) is 19.5. The molecule has 0 bridgehead atoms. The first-order valence-electron chi connectivity index (χ1n) is 19.5. The summed E-state index contributed by atoms with van der Waals surface area (Å²) < 4.78 is 12.3. The minimum absolute atomic E-state index is 0.172. The third kappa shape index (κ3) is 9.30. The Hall–Kier alpha value is -7.70. The molecule has 0 aliphatic heterocycles. The van der Waals surface area contributed by atoms with Gasteiger partial charge in [-0.05, 0) is 130 Å². The van der Waals surface area contributed by atoms with Crippen LogP contribution in [0.15, 0.2) is 206 Å². The van der Waals surface area contributed by atoms with Crippen molar-refractivity contribution in [3.63, 3.8) is 0 Å². The van der Waals surface area contributed by atoms with Gasteiger partial charge in [0.05, 0.1) is 0 Å². The number of ether oxygens (including phenoxy) is 2. The number of rotatable bonds is 12. The smallest absolute Gasteiger partial charge is 0.255 e. The summed E-state index contributed by atoms with van der Waals surface area (Å²) in [4.78, 5) is 25.8. The Kier molecular flexibility index (Phi) is 11.1. The highest BCUT2D eigenvalue weighted by atomic mass is 16.5. The molecular weight excluding hydrogens is 729 g/mol. The number of nitrogens with one attached hydrogen (secondary N) is 2. The Morgan fingerprint density at radius 1 is 0.356 bits per heavy atom. The average molecular weight is 771 g/mol. The van der Waals surface area contributed by atoms with Crippen molar-refractivity contribution in [1.29, 1.82) is 0 Å². The molecule has 0 heterocycles. The molecule has 59 heavy (non-hydrogen) atoms. The third-order valence-corrected chi connectivity index (χ3v) is 10.4. The zero-order valence-corrected chi connectivity index (χ0v) is 32.8. The molecule has 0 atom stereocenters. The second-order valence-corrected chi connectivity index (χ2v) is 14.7. The minimum atomic E-state index is -0.277. The van der Waals surface area contributed by atoms with Gasteiger partial charge < -0.3 is 20.1 Å². The Morgan fingerprint density at radius 3 is 0.966 bits per heavy atom. The molecule has 0 radical (unpaired) electrons. The molecule has 2 N–H and O–H groups in total. The van der Waals surface area contributed by atoms with E-state index >= 15 is 0 Å². The van der Waals surface area contributed by atoms with Crippen molar-refractivity contribution in [3.8, 4) is 45.3 Å². The zero-order valence-electron chi connectivity index (χ0n) is 32.8. The Balaban J connectivity index is 0.821. The highest BCUT2D eigenvalue weighted by Crippen LogP contribution is 2.35. The van der Waals surface area contributed by atoms with E-state index < -0.39 is 0 Å². The molecule has 2 amide bonds. The normalized spacial score (nSPS) is 11.0. The number of hydrogen-bond acceptors (Lipinski definition) is 4. The van der Waals surface area contributed by atoms with Gasteiger partial charge in [-0.2, -0.15) is 0 Å². The second kappa shape index (κ2) is 17.2. The maximum absolute atomic E-state index is 12.9. The highest BCUT2D eigenvalue weighted by molar-refractivity contribution is 6.05. The maximum Gasteiger partial charge on any atom is 0.255 e. The van der Waals surface area contributed by atoms with Gasteiger partial charge in [-0.25, -0.2) is 0 Å². The van der Waals surface area contributed by atoms with Crippen LogP contribution in [0.1, 0.15) is 45.7 Å². The van der Waals surface area contributed by atoms with Crippen LogP contribution in [0, 0.1) is 0 Å². The molecule has 0 aliphatic rings. The van der Waals surface area contributed by atoms with Gasteiger partial charge in [-0.15, -0.1) is 0 Å². The first-order chi connectivity index (χ1) is 28.8. The van der Waals surface area contributed by atoms with Gasteiger partial charge in [0.15, 0.2) is 0 Å². The first kappa shape index (κ1) is 38.2. The van der Waals surface area contributed by atoms with Crippen LogP contribution in [0.2, 0.25) is 0 Å². The molecular formula is C53H42N2O4. The summed E-state index contributed by atoms with van der Waals surface area (Å²) in [5, 5.41) is 5.93. The van der Waals surface area contributed by atoms with Gasteiger partial charge in [-0.3, -0.25) is 9.59 Å². The van der Waals surface area contributed by atoms with Gasteiger partial charge in [0.25, 0.3) is 11.8 Å². The standard InChI is InChI=1S/C53H42N2O4/c1-53(2,43-21-29-47(30-22-43)58-49-33-25-45(26-34-49)54-51(56)41-17-13-39(14-18-41)37-9-5-3-6-10-37)44-23-31-48(32-24-44)59-50-35-27-46(28-36-50)55-52(57)42-19-15-40(16-20-42)38-11-7-4-8-12-38/h3-36H,1-2H3,(H,54,56)(H,55,57). The molecule has 0 fully saturated rings. The molecule has 0 saturated heterocycles. The van der Waals surface area contributed by atoms with E-state index in [0.717, 1.165) is 33.4 Å². The lowest BCUT2D eigenvalue weighted by atomic mass is 9.78. The third-order valence-electron chi connectivity index (χ3n) is 10.4. The summed E-state index contributed by atoms with van der Waals surface area (Å²) >= 11 is 0. The van der Waals surface area contributed by atoms with E-state index in [1.165, 1.54) is 0 Å². The van der Waals surface area contributed by atoms with Crippen molar-refractivity contribution in [1.82, 2.24) is 0 Å². The van der Waals surface area contributed by atoms with E-state index in [4.69, 9.17) is 9.47 Å². The summed E-state index contributed by atoms with van der Waals surface area (Å²) in [6.45, 7) is 4.38. The van der Waals surface area contributed by atoms with Crippen molar-refractivity contribution < 1.29 is 19.1 Å². The Labute approximate surface area is 344 Å². The lowest BCUT2D eigenvalue weighted by molar-refractivity contribution is 0.101. The molecule has 8 aromatic carbocycles. The average Bonchev–Trinajstić information content (AvgIpc) is 3.29. The second-order valence-electron chi connectivity index (χ2n) is 14.7. The largest absolute Gasteiger partial charge is 0.457 e. The fourth-order valence-electron chi connectivity index (χ4n) is 6.83. The monoisotopic (exact) mass is 770 g/mol. The fourth-order valence-corrected chi connectivity index (χ4v) is 6.83. The molecule has 8 aromatic rings. The lowest BCUT2D eigenvalue weighted by Gasteiger charge is -2.26. The lowest BCUT2D eigenvalue weighted by Crippen LogP contribution is -2.18. The number of carbonyl (C=O) groups excluding carboxylic acids is 2. The zero-order chi connectivity index (χ0) is 40.6. The fraction of sp³-hybridized carbons (Fsp3) is 0.0566. The highest BCUT2D eigenvalue weighted by Gasteiger charge is 2.23. The van der Waals surface area contributed by atoms with Crippen LogP contribution >= 0.6 is 0 Å². The van der Waals surface area contributed by atoms with Crippen LogP contribution < -0.4 is 20.1 Å². The van der Waals surface area contributed by atoms with Crippen molar-refractivity contribution in [2.24, 2.45) is 0 Å². The predicted octanol–water partition coefficient (Wildman–Crippen LogP) is 13.4. The van der Waals surface area contributed by atoms with Gasteiger partial charge in [0, 0.05) is 27.9 Å². The van der Waals surface area contributed by atoms with Gasteiger partial charge in [0.1, 0.15) is 23.0 Å². The van der Waals surface area contributed by atoms with Gasteiger partial charge in [0.2, 0.25) is 0 Å². The Bertz CT molecular complexity index is 2450. The Morgan fingerprint density at radius 2 is 0.644 bits per heavy atom. The van der Waals surface area contributed by atoms with Crippen LogP contribution in [0.3, 0.4) is 0 Å². The van der Waals surface area contributed by atoms with E-state index in [1.807, 2.05) is 182 Å². The van der Waals surface area contributed by atoms with E-state index in [1.54, 1.807) is 0 Å². The number of hydrogen-bond donors (Lipinski definition) is 2. The summed E-state index contributed by atoms with van der Waals surface area (Å²) in [6, 6.07) is 66.2. The van der Waals surface area contributed by atoms with E-state index in [9.17, 15) is 9.59 Å². The predicted molar refractivity (Wildman–Crippen MR) is 238 cm³/mol. The minimum Gasteiger partial charge on any atom is -0.457 e. The van der Waals surface area contributed by atoms with Gasteiger partial charge >= 0.3 is 0 Å². The molecule has 0 unspecified atom stereocenters. The maximum atomic E-state index is 12.9. The quantitative estimate of drug-likeness (QED) is 0.130. The van der Waals surface area contributed by atoms with Crippen LogP contribution in [-0.4, -0.2) is 11.8 Å². The number of benzene rings is 8. The van der Waals surface area contributed by atoms with Gasteiger partial charge in [-0.1, -0.05) is 123 Å². The molecule has 0 aliphatic carbocycles. The van der Waals surface area contributed by atoms with E-state index in [0.29, 0.717) is 45.5 Å². The number of carbonyl (C=O) groups is 2. The summed E-state index contributed by atoms with van der Waals surface area (Å²) in [5.41, 5.74) is 8.88. The molecule has 8 rings (SSSR count). The van der Waals surface area contributed by atoms with Crippen molar-refractivity contribution in [2.45, 2.75) is 19.3 Å². The summed E-state index contributed by atoms with van der Waals surface area (Å²) in [7, 11) is 0. The molecule has 288 valence electrons. The van der Waals surface area contributed by atoms with Crippen LogP contribution in [-0.2, 0) is 5.41 Å². The van der Waals surface area contributed by atoms with E-state index in [2.05, 4.69) is 48.7 Å². The molecule has 0 aromatic heterocycles. The van der Waals surface area contributed by atoms with Crippen molar-refractivity contribution in [2.75, 3.05) is 10.6 Å². The molecule has 0 saturated carbocycles. The van der Waals surface area contributed by atoms with Crippen LogP contribution in [0.25, 0.3) is 22.3 Å². The van der Waals surface area contributed by atoms with Crippen LogP contribution in [0.5, 0.6) is 23.0 Å². The van der Waals surface area contributed by atoms with Crippen LogP contribution in [0.4, 0.5) is 11.4 Å². The van der Waals surface area contributed by atoms with E-state index in [-0.39, 0.29) is 17.2 Å². The topological polar surface area (TPSA) is 76.7 Å². The molecule has 6 heteroatoms.